The van der Waals surface area contributed by atoms with Crippen LogP contribution in [0.4, 0.5) is 0 Å². The van der Waals surface area contributed by atoms with Crippen LogP contribution < -0.4 is 4.74 Å². The van der Waals surface area contributed by atoms with E-state index in [9.17, 15) is 5.11 Å². The maximum absolute atomic E-state index is 10.3. The van der Waals surface area contributed by atoms with Gasteiger partial charge in [0.1, 0.15) is 11.5 Å². The Balaban J connectivity index is 3.05. The number of aromatic hydroxyl groups is 1. The average Bonchev–Trinajstić information content (AvgIpc) is 2.37. The first kappa shape index (κ1) is 15.4. The zero-order valence-electron chi connectivity index (χ0n) is 11.5. The Hall–Kier alpha value is -0.700. The molecule has 0 heterocycles. The summed E-state index contributed by atoms with van der Waals surface area (Å²) in [6.45, 7) is 6.29. The number of benzene rings is 1. The minimum atomic E-state index is 0.00420. The third-order valence-corrected chi connectivity index (χ3v) is 3.75. The fourth-order valence-corrected chi connectivity index (χ4v) is 2.16. The summed E-state index contributed by atoms with van der Waals surface area (Å²) in [6.07, 6.45) is 4.69. The molecule has 3 heteroatoms. The average molecular weight is 315 g/mol. The van der Waals surface area contributed by atoms with Crippen LogP contribution in [0.2, 0.25) is 0 Å². The van der Waals surface area contributed by atoms with E-state index in [1.54, 1.807) is 0 Å². The summed E-state index contributed by atoms with van der Waals surface area (Å²) < 4.78 is 5.82. The molecule has 0 bridgehead atoms. The molecule has 0 aliphatic rings. The summed E-state index contributed by atoms with van der Waals surface area (Å²) in [5.41, 5.74) is 1.97. The van der Waals surface area contributed by atoms with Crippen LogP contribution in [0.5, 0.6) is 11.5 Å². The molecule has 0 radical (unpaired) electrons. The first-order valence-corrected chi connectivity index (χ1v) is 7.69. The molecule has 1 aromatic rings. The molecule has 0 aliphatic carbocycles. The van der Waals surface area contributed by atoms with E-state index in [2.05, 4.69) is 36.7 Å². The number of phenolic OH excluding ortho intramolecular Hbond substituents is 1. The largest absolute Gasteiger partial charge is 0.507 e. The van der Waals surface area contributed by atoms with Gasteiger partial charge in [-0.15, -0.1) is 0 Å². The molecule has 0 fully saturated rings. The normalized spacial score (nSPS) is 12.4. The molecule has 0 aromatic heterocycles. The second-order valence-corrected chi connectivity index (χ2v) is 5.51. The van der Waals surface area contributed by atoms with Gasteiger partial charge in [-0.1, -0.05) is 39.7 Å². The van der Waals surface area contributed by atoms with E-state index in [0.717, 1.165) is 49.0 Å². The minimum absolute atomic E-state index is 0.00420. The first-order valence-electron chi connectivity index (χ1n) is 6.78. The van der Waals surface area contributed by atoms with Crippen LogP contribution in [0.3, 0.4) is 0 Å². The molecule has 2 nitrogen and oxygen atoms in total. The van der Waals surface area contributed by atoms with Crippen molar-refractivity contribution in [3.8, 4) is 11.5 Å². The number of ether oxygens (including phenoxy) is 1. The summed E-state index contributed by atoms with van der Waals surface area (Å²) in [6, 6.07) is 3.96. The third kappa shape index (κ3) is 3.91. The van der Waals surface area contributed by atoms with Crippen molar-refractivity contribution in [3.05, 3.63) is 23.3 Å². The van der Waals surface area contributed by atoms with Crippen LogP contribution in [-0.4, -0.2) is 10.1 Å². The van der Waals surface area contributed by atoms with Crippen molar-refractivity contribution in [1.82, 2.24) is 0 Å². The molecule has 0 spiro atoms. The van der Waals surface area contributed by atoms with E-state index >= 15 is 0 Å². The van der Waals surface area contributed by atoms with Gasteiger partial charge in [-0.05, 0) is 46.8 Å². The van der Waals surface area contributed by atoms with Crippen molar-refractivity contribution in [2.75, 3.05) is 0 Å². The Labute approximate surface area is 118 Å². The van der Waals surface area contributed by atoms with Gasteiger partial charge in [-0.3, -0.25) is 0 Å². The SMILES string of the molecule is CCCc1ccc(OC(Br)CC)c(CCC)c1O. The van der Waals surface area contributed by atoms with E-state index in [1.807, 2.05) is 12.1 Å². The quantitative estimate of drug-likeness (QED) is 0.732. The summed E-state index contributed by atoms with van der Waals surface area (Å²) in [5.74, 6) is 1.23. The zero-order chi connectivity index (χ0) is 13.5. The molecule has 1 unspecified atom stereocenters. The lowest BCUT2D eigenvalue weighted by Gasteiger charge is -2.17. The van der Waals surface area contributed by atoms with Crippen molar-refractivity contribution < 1.29 is 9.84 Å². The molecule has 18 heavy (non-hydrogen) atoms. The van der Waals surface area contributed by atoms with Gasteiger partial charge in [0.25, 0.3) is 0 Å². The molecule has 1 aromatic carbocycles. The maximum Gasteiger partial charge on any atom is 0.153 e. The highest BCUT2D eigenvalue weighted by molar-refractivity contribution is 9.09. The van der Waals surface area contributed by atoms with Crippen molar-refractivity contribution in [2.45, 2.75) is 57.9 Å². The first-order chi connectivity index (χ1) is 8.63. The van der Waals surface area contributed by atoms with Gasteiger partial charge < -0.3 is 9.84 Å². The monoisotopic (exact) mass is 314 g/mol. The van der Waals surface area contributed by atoms with Crippen LogP contribution in [0.1, 0.15) is 51.2 Å². The highest BCUT2D eigenvalue weighted by Crippen LogP contribution is 2.34. The predicted octanol–water partition coefficient (Wildman–Crippen LogP) is 4.81. The van der Waals surface area contributed by atoms with Crippen LogP contribution >= 0.6 is 15.9 Å². The molecule has 0 aliphatic heterocycles. The van der Waals surface area contributed by atoms with E-state index in [-0.39, 0.29) is 5.01 Å². The van der Waals surface area contributed by atoms with Gasteiger partial charge >= 0.3 is 0 Å². The zero-order valence-corrected chi connectivity index (χ0v) is 13.1. The Morgan fingerprint density at radius 2 is 1.83 bits per heavy atom. The van der Waals surface area contributed by atoms with Crippen molar-refractivity contribution in [2.24, 2.45) is 0 Å². The molecular weight excluding hydrogens is 292 g/mol. The molecule has 1 rings (SSSR count). The number of hydrogen-bond acceptors (Lipinski definition) is 2. The van der Waals surface area contributed by atoms with Gasteiger partial charge in [-0.2, -0.15) is 0 Å². The molecule has 0 saturated carbocycles. The van der Waals surface area contributed by atoms with Crippen LogP contribution in [0.15, 0.2) is 12.1 Å². The second-order valence-electron chi connectivity index (χ2n) is 4.49. The third-order valence-electron chi connectivity index (χ3n) is 2.92. The Morgan fingerprint density at radius 1 is 1.17 bits per heavy atom. The van der Waals surface area contributed by atoms with E-state index in [1.165, 1.54) is 0 Å². The highest BCUT2D eigenvalue weighted by Gasteiger charge is 2.14. The lowest BCUT2D eigenvalue weighted by Crippen LogP contribution is -2.08. The van der Waals surface area contributed by atoms with Crippen LogP contribution in [-0.2, 0) is 12.8 Å². The van der Waals surface area contributed by atoms with Crippen molar-refractivity contribution in [3.63, 3.8) is 0 Å². The number of rotatable bonds is 7. The number of hydrogen-bond donors (Lipinski definition) is 1. The standard InChI is InChI=1S/C15H23BrO2/c1-4-7-11-9-10-13(18-14(16)6-3)12(8-5-2)15(11)17/h9-10,14,17H,4-8H2,1-3H3. The Kier molecular flexibility index (Phi) is 6.55. The second kappa shape index (κ2) is 7.67. The van der Waals surface area contributed by atoms with Crippen LogP contribution in [0.25, 0.3) is 0 Å². The highest BCUT2D eigenvalue weighted by atomic mass is 79.9. The lowest BCUT2D eigenvalue weighted by molar-refractivity contribution is 0.285. The predicted molar refractivity (Wildman–Crippen MR) is 79.7 cm³/mol. The number of phenols is 1. The molecule has 0 saturated heterocycles. The smallest absolute Gasteiger partial charge is 0.153 e. The summed E-state index contributed by atoms with van der Waals surface area (Å²) in [4.78, 5) is 0. The molecule has 102 valence electrons. The van der Waals surface area contributed by atoms with E-state index in [4.69, 9.17) is 4.74 Å². The Morgan fingerprint density at radius 3 is 2.39 bits per heavy atom. The van der Waals surface area contributed by atoms with Gasteiger partial charge in [-0.25, -0.2) is 0 Å². The summed E-state index contributed by atoms with van der Waals surface area (Å²) in [7, 11) is 0. The maximum atomic E-state index is 10.3. The topological polar surface area (TPSA) is 29.5 Å². The van der Waals surface area contributed by atoms with Gasteiger partial charge in [0, 0.05) is 5.56 Å². The van der Waals surface area contributed by atoms with Crippen molar-refractivity contribution in [1.29, 1.82) is 0 Å². The molecule has 1 N–H and O–H groups in total. The van der Waals surface area contributed by atoms with Gasteiger partial charge in [0.05, 0.1) is 0 Å². The number of halogens is 1. The molecular formula is C15H23BrO2. The van der Waals surface area contributed by atoms with Crippen LogP contribution in [0, 0.1) is 0 Å². The van der Waals surface area contributed by atoms with Gasteiger partial charge in [0.2, 0.25) is 0 Å². The fourth-order valence-electron chi connectivity index (χ4n) is 1.96. The minimum Gasteiger partial charge on any atom is -0.507 e. The van der Waals surface area contributed by atoms with Crippen molar-refractivity contribution >= 4 is 15.9 Å². The van der Waals surface area contributed by atoms with E-state index < -0.39 is 0 Å². The summed E-state index contributed by atoms with van der Waals surface area (Å²) in [5, 5.41) is 10.3. The fraction of sp³-hybridized carbons (Fsp3) is 0.600. The van der Waals surface area contributed by atoms with E-state index in [0.29, 0.717) is 5.75 Å². The molecule has 0 amide bonds. The van der Waals surface area contributed by atoms with Gasteiger partial charge in [0.15, 0.2) is 5.01 Å². The number of alkyl halides is 1. The lowest BCUT2D eigenvalue weighted by atomic mass is 10.0. The molecule has 1 atom stereocenters. The summed E-state index contributed by atoms with van der Waals surface area (Å²) >= 11 is 3.47. The Bertz CT molecular complexity index is 377. The number of aryl methyl sites for hydroxylation is 1.